The van der Waals surface area contributed by atoms with Gasteiger partial charge in [-0.2, -0.15) is 0 Å². The highest BCUT2D eigenvalue weighted by atomic mass is 16.5. The lowest BCUT2D eigenvalue weighted by Gasteiger charge is -2.17. The van der Waals surface area contributed by atoms with Crippen molar-refractivity contribution in [3.8, 4) is 17.0 Å². The number of aromatic nitrogens is 3. The topological polar surface area (TPSA) is 72.3 Å². The van der Waals surface area contributed by atoms with Gasteiger partial charge in [0.2, 0.25) is 0 Å². The molecule has 1 fully saturated rings. The van der Waals surface area contributed by atoms with Gasteiger partial charge in [-0.25, -0.2) is 9.48 Å². The Kier molecular flexibility index (Phi) is 4.74. The zero-order valence-electron chi connectivity index (χ0n) is 15.1. The van der Waals surface area contributed by atoms with Gasteiger partial charge in [0.25, 0.3) is 0 Å². The maximum atomic E-state index is 12.5. The molecule has 7 nitrogen and oxygen atoms in total. The predicted molar refractivity (Wildman–Crippen MR) is 103 cm³/mol. The van der Waals surface area contributed by atoms with E-state index >= 15 is 0 Å². The average Bonchev–Trinajstić information content (AvgIpc) is 3.38. The second-order valence-electron chi connectivity index (χ2n) is 6.50. The van der Waals surface area contributed by atoms with Crippen molar-refractivity contribution in [2.75, 3.05) is 25.5 Å². The van der Waals surface area contributed by atoms with Gasteiger partial charge in [0.15, 0.2) is 0 Å². The van der Waals surface area contributed by atoms with E-state index in [4.69, 9.17) is 4.74 Å². The summed E-state index contributed by atoms with van der Waals surface area (Å²) in [5.41, 5.74) is 2.60. The highest BCUT2D eigenvalue weighted by Crippen LogP contribution is 2.24. The van der Waals surface area contributed by atoms with Crippen LogP contribution in [0.3, 0.4) is 0 Å². The first-order valence-corrected chi connectivity index (χ1v) is 8.90. The average molecular weight is 363 g/mol. The molecule has 0 saturated carbocycles. The van der Waals surface area contributed by atoms with Gasteiger partial charge in [0.1, 0.15) is 11.4 Å². The van der Waals surface area contributed by atoms with Crippen LogP contribution in [0, 0.1) is 0 Å². The van der Waals surface area contributed by atoms with E-state index in [2.05, 4.69) is 15.6 Å². The van der Waals surface area contributed by atoms with E-state index < -0.39 is 0 Å². The van der Waals surface area contributed by atoms with Crippen molar-refractivity contribution in [1.29, 1.82) is 0 Å². The minimum Gasteiger partial charge on any atom is -0.497 e. The fourth-order valence-corrected chi connectivity index (χ4v) is 3.24. The molecule has 0 radical (unpaired) electrons. The highest BCUT2D eigenvalue weighted by Gasteiger charge is 2.28. The van der Waals surface area contributed by atoms with Crippen molar-refractivity contribution < 1.29 is 9.53 Å². The van der Waals surface area contributed by atoms with Gasteiger partial charge in [0, 0.05) is 30.4 Å². The normalized spacial score (nSPS) is 16.3. The predicted octanol–water partition coefficient (Wildman–Crippen LogP) is 3.43. The zero-order valence-corrected chi connectivity index (χ0v) is 15.1. The largest absolute Gasteiger partial charge is 0.497 e. The van der Waals surface area contributed by atoms with Crippen LogP contribution in [-0.4, -0.2) is 46.1 Å². The number of hydrogen-bond acceptors (Lipinski definition) is 4. The SMILES string of the molecule is COc1cccc(NC(=O)N2CCC(n3cc(-c4ccccc4)nn3)C2)c1. The molecule has 2 heterocycles. The molecule has 0 bridgehead atoms. The van der Waals surface area contributed by atoms with Crippen LogP contribution in [0.2, 0.25) is 0 Å². The molecular formula is C20H21N5O2. The Morgan fingerprint density at radius 1 is 1.19 bits per heavy atom. The quantitative estimate of drug-likeness (QED) is 0.771. The molecular weight excluding hydrogens is 342 g/mol. The Morgan fingerprint density at radius 3 is 2.85 bits per heavy atom. The minimum absolute atomic E-state index is 0.117. The Morgan fingerprint density at radius 2 is 2.04 bits per heavy atom. The number of benzene rings is 2. The van der Waals surface area contributed by atoms with Crippen LogP contribution in [-0.2, 0) is 0 Å². The number of amides is 2. The number of nitrogens with zero attached hydrogens (tertiary/aromatic N) is 4. The molecule has 2 aromatic carbocycles. The van der Waals surface area contributed by atoms with Crippen molar-refractivity contribution in [3.63, 3.8) is 0 Å². The molecule has 4 rings (SSSR count). The van der Waals surface area contributed by atoms with Gasteiger partial charge in [-0.05, 0) is 18.6 Å². The summed E-state index contributed by atoms with van der Waals surface area (Å²) in [6.45, 7) is 1.29. The summed E-state index contributed by atoms with van der Waals surface area (Å²) in [4.78, 5) is 14.3. The van der Waals surface area contributed by atoms with Crippen molar-refractivity contribution >= 4 is 11.7 Å². The lowest BCUT2D eigenvalue weighted by atomic mass is 10.2. The number of carbonyl (C=O) groups excluding carboxylic acids is 1. The Balaban J connectivity index is 1.40. The van der Waals surface area contributed by atoms with E-state index in [0.717, 1.165) is 23.4 Å². The highest BCUT2D eigenvalue weighted by molar-refractivity contribution is 5.89. The lowest BCUT2D eigenvalue weighted by Crippen LogP contribution is -2.33. The van der Waals surface area contributed by atoms with Crippen molar-refractivity contribution in [1.82, 2.24) is 19.9 Å². The molecule has 0 aliphatic carbocycles. The standard InChI is InChI=1S/C20H21N5O2/c1-27-18-9-5-8-16(12-18)21-20(26)24-11-10-17(13-24)25-14-19(22-23-25)15-6-3-2-4-7-15/h2-9,12,14,17H,10-11,13H2,1H3,(H,21,26). The van der Waals surface area contributed by atoms with Crippen molar-refractivity contribution in [2.24, 2.45) is 0 Å². The van der Waals surface area contributed by atoms with Crippen LogP contribution in [0.5, 0.6) is 5.75 Å². The molecule has 1 aliphatic rings. The third-order valence-corrected chi connectivity index (χ3v) is 4.73. The fraction of sp³-hybridized carbons (Fsp3) is 0.250. The van der Waals surface area contributed by atoms with Crippen molar-refractivity contribution in [3.05, 3.63) is 60.8 Å². The molecule has 1 unspecified atom stereocenters. The second kappa shape index (κ2) is 7.49. The van der Waals surface area contributed by atoms with Gasteiger partial charge < -0.3 is 15.0 Å². The number of methoxy groups -OCH3 is 1. The lowest BCUT2D eigenvalue weighted by molar-refractivity contribution is 0.220. The number of anilines is 1. The maximum Gasteiger partial charge on any atom is 0.321 e. The van der Waals surface area contributed by atoms with Gasteiger partial charge in [-0.3, -0.25) is 0 Å². The molecule has 1 atom stereocenters. The maximum absolute atomic E-state index is 12.5. The summed E-state index contributed by atoms with van der Waals surface area (Å²) in [5, 5.41) is 11.5. The summed E-state index contributed by atoms with van der Waals surface area (Å²) in [7, 11) is 1.60. The molecule has 1 N–H and O–H groups in total. The molecule has 0 spiro atoms. The summed E-state index contributed by atoms with van der Waals surface area (Å²) < 4.78 is 7.05. The number of urea groups is 1. The number of nitrogens with one attached hydrogen (secondary N) is 1. The fourth-order valence-electron chi connectivity index (χ4n) is 3.24. The first-order chi connectivity index (χ1) is 13.2. The van der Waals surface area contributed by atoms with E-state index in [1.165, 1.54) is 0 Å². The molecule has 1 aromatic heterocycles. The molecule has 2 amide bonds. The number of ether oxygens (including phenoxy) is 1. The van der Waals surface area contributed by atoms with Crippen molar-refractivity contribution in [2.45, 2.75) is 12.5 Å². The van der Waals surface area contributed by atoms with E-state index in [-0.39, 0.29) is 12.1 Å². The summed E-state index contributed by atoms with van der Waals surface area (Å²) in [5.74, 6) is 0.711. The van der Waals surface area contributed by atoms with Crippen LogP contribution < -0.4 is 10.1 Å². The van der Waals surface area contributed by atoms with Crippen LogP contribution in [0.4, 0.5) is 10.5 Å². The Hall–Kier alpha value is -3.35. The van der Waals surface area contributed by atoms with Crippen LogP contribution >= 0.6 is 0 Å². The Bertz CT molecular complexity index is 925. The molecule has 138 valence electrons. The van der Waals surface area contributed by atoms with Gasteiger partial charge in [-0.1, -0.05) is 41.6 Å². The molecule has 27 heavy (non-hydrogen) atoms. The van der Waals surface area contributed by atoms with Gasteiger partial charge in [0.05, 0.1) is 19.3 Å². The van der Waals surface area contributed by atoms with E-state index in [1.54, 1.807) is 18.1 Å². The minimum atomic E-state index is -0.117. The molecule has 3 aromatic rings. The number of carbonyl (C=O) groups is 1. The molecule has 7 heteroatoms. The Labute approximate surface area is 157 Å². The second-order valence-corrected chi connectivity index (χ2v) is 6.50. The van der Waals surface area contributed by atoms with Crippen LogP contribution in [0.25, 0.3) is 11.3 Å². The number of hydrogen-bond donors (Lipinski definition) is 1. The van der Waals surface area contributed by atoms with Gasteiger partial charge >= 0.3 is 6.03 Å². The smallest absolute Gasteiger partial charge is 0.321 e. The summed E-state index contributed by atoms with van der Waals surface area (Å²) >= 11 is 0. The van der Waals surface area contributed by atoms with E-state index in [1.807, 2.05) is 59.4 Å². The number of likely N-dealkylation sites (tertiary alicyclic amines) is 1. The van der Waals surface area contributed by atoms with Crippen LogP contribution in [0.1, 0.15) is 12.5 Å². The van der Waals surface area contributed by atoms with E-state index in [9.17, 15) is 4.79 Å². The first-order valence-electron chi connectivity index (χ1n) is 8.90. The van der Waals surface area contributed by atoms with Crippen LogP contribution in [0.15, 0.2) is 60.8 Å². The molecule has 1 saturated heterocycles. The summed E-state index contributed by atoms with van der Waals surface area (Å²) in [6.07, 6.45) is 2.80. The zero-order chi connectivity index (χ0) is 18.6. The third kappa shape index (κ3) is 3.76. The third-order valence-electron chi connectivity index (χ3n) is 4.73. The monoisotopic (exact) mass is 363 g/mol. The molecule has 1 aliphatic heterocycles. The van der Waals surface area contributed by atoms with Gasteiger partial charge in [-0.15, -0.1) is 5.10 Å². The first kappa shape index (κ1) is 17.1. The summed E-state index contributed by atoms with van der Waals surface area (Å²) in [6, 6.07) is 17.3. The number of rotatable bonds is 4. The van der Waals surface area contributed by atoms with E-state index in [0.29, 0.717) is 18.8 Å².